The van der Waals surface area contributed by atoms with Gasteiger partial charge in [-0.05, 0) is 36.0 Å². The normalized spacial score (nSPS) is 22.0. The highest BCUT2D eigenvalue weighted by atomic mass is 16.5. The van der Waals surface area contributed by atoms with E-state index in [1.54, 1.807) is 7.11 Å². The Labute approximate surface area is 155 Å². The molecule has 0 aliphatic carbocycles. The molecule has 0 radical (unpaired) electrons. The molecule has 1 aliphatic rings. The Morgan fingerprint density at radius 2 is 1.92 bits per heavy atom. The number of piperidine rings is 1. The van der Waals surface area contributed by atoms with Gasteiger partial charge in [0, 0.05) is 13.1 Å². The molecule has 1 amide bonds. The summed E-state index contributed by atoms with van der Waals surface area (Å²) in [4.78, 5) is 25.8. The van der Waals surface area contributed by atoms with Crippen molar-refractivity contribution in [1.82, 2.24) is 10.2 Å². The van der Waals surface area contributed by atoms with E-state index < -0.39 is 11.9 Å². The summed E-state index contributed by atoms with van der Waals surface area (Å²) in [7, 11) is 1.63. The first kappa shape index (κ1) is 20.2. The Hall–Kier alpha value is -2.08. The van der Waals surface area contributed by atoms with Gasteiger partial charge in [-0.15, -0.1) is 0 Å². The van der Waals surface area contributed by atoms with Gasteiger partial charge in [0.1, 0.15) is 5.75 Å². The smallest absolute Gasteiger partial charge is 0.307 e. The first-order valence-corrected chi connectivity index (χ1v) is 9.18. The predicted octanol–water partition coefficient (Wildman–Crippen LogP) is 2.55. The molecule has 1 aliphatic heterocycles. The van der Waals surface area contributed by atoms with Crippen LogP contribution in [0, 0.1) is 17.8 Å². The number of likely N-dealkylation sites (tertiary alicyclic amines) is 1. The highest BCUT2D eigenvalue weighted by molar-refractivity contribution is 5.78. The zero-order valence-electron chi connectivity index (χ0n) is 16.1. The molecule has 1 aromatic rings. The van der Waals surface area contributed by atoms with E-state index in [0.717, 1.165) is 17.9 Å². The molecule has 0 bridgehead atoms. The van der Waals surface area contributed by atoms with Crippen LogP contribution in [0.3, 0.4) is 0 Å². The second-order valence-electron chi connectivity index (χ2n) is 7.63. The van der Waals surface area contributed by atoms with Gasteiger partial charge in [0.05, 0.1) is 25.6 Å². The van der Waals surface area contributed by atoms with Gasteiger partial charge in [-0.3, -0.25) is 14.5 Å². The van der Waals surface area contributed by atoms with Crippen molar-refractivity contribution < 1.29 is 19.4 Å². The highest BCUT2D eigenvalue weighted by Crippen LogP contribution is 2.25. The van der Waals surface area contributed by atoms with Gasteiger partial charge in [-0.2, -0.15) is 0 Å². The molecule has 1 fully saturated rings. The summed E-state index contributed by atoms with van der Waals surface area (Å²) in [5.74, 6) is 0.0520. The Morgan fingerprint density at radius 3 is 2.46 bits per heavy atom. The van der Waals surface area contributed by atoms with Crippen molar-refractivity contribution in [2.24, 2.45) is 17.8 Å². The number of carboxylic acid groups (broad SMARTS) is 1. The molecule has 6 nitrogen and oxygen atoms in total. The molecular weight excluding hydrogens is 332 g/mol. The van der Waals surface area contributed by atoms with E-state index in [0.29, 0.717) is 13.0 Å². The van der Waals surface area contributed by atoms with Gasteiger partial charge < -0.3 is 15.2 Å². The quantitative estimate of drug-likeness (QED) is 0.779. The van der Waals surface area contributed by atoms with Crippen LogP contribution >= 0.6 is 0 Å². The summed E-state index contributed by atoms with van der Waals surface area (Å²) in [6.45, 7) is 7.59. The third kappa shape index (κ3) is 5.46. The maximum Gasteiger partial charge on any atom is 0.307 e. The predicted molar refractivity (Wildman–Crippen MR) is 100 cm³/mol. The van der Waals surface area contributed by atoms with Crippen molar-refractivity contribution >= 4 is 11.9 Å². The summed E-state index contributed by atoms with van der Waals surface area (Å²) >= 11 is 0. The molecule has 3 unspecified atom stereocenters. The molecule has 1 saturated heterocycles. The second-order valence-corrected chi connectivity index (χ2v) is 7.63. The van der Waals surface area contributed by atoms with Crippen LogP contribution in [0.15, 0.2) is 24.3 Å². The average Bonchev–Trinajstić information content (AvgIpc) is 2.59. The lowest BCUT2D eigenvalue weighted by atomic mass is 9.90. The van der Waals surface area contributed by atoms with Crippen molar-refractivity contribution in [2.45, 2.75) is 33.2 Å². The maximum absolute atomic E-state index is 12.6. The standard InChI is InChI=1S/C20H30N2O4/c1-13(2)19(15-5-7-17(26-4)8-6-15)21-18(23)12-22-10-14(3)9-16(11-22)20(24)25/h5-8,13-14,16,19H,9-12H2,1-4H3,(H,21,23)(H,24,25). The van der Waals surface area contributed by atoms with E-state index in [4.69, 9.17) is 4.74 Å². The fraction of sp³-hybridized carbons (Fsp3) is 0.600. The second kappa shape index (κ2) is 9.03. The van der Waals surface area contributed by atoms with Crippen molar-refractivity contribution in [3.63, 3.8) is 0 Å². The molecule has 26 heavy (non-hydrogen) atoms. The molecule has 1 aromatic carbocycles. The number of aliphatic carboxylic acids is 1. The van der Waals surface area contributed by atoms with Gasteiger partial charge in [0.15, 0.2) is 0 Å². The van der Waals surface area contributed by atoms with Crippen LogP contribution in [-0.4, -0.2) is 48.6 Å². The molecular formula is C20H30N2O4. The van der Waals surface area contributed by atoms with E-state index in [-0.39, 0.29) is 30.3 Å². The number of carboxylic acids is 1. The molecule has 0 aromatic heterocycles. The number of hydrogen-bond acceptors (Lipinski definition) is 4. The number of amides is 1. The Morgan fingerprint density at radius 1 is 1.27 bits per heavy atom. The summed E-state index contributed by atoms with van der Waals surface area (Å²) in [6, 6.07) is 7.62. The lowest BCUT2D eigenvalue weighted by Crippen LogP contribution is -2.47. The minimum atomic E-state index is -0.778. The largest absolute Gasteiger partial charge is 0.497 e. The van der Waals surface area contributed by atoms with Gasteiger partial charge in [0.25, 0.3) is 0 Å². The molecule has 3 atom stereocenters. The zero-order chi connectivity index (χ0) is 19.3. The number of nitrogens with zero attached hydrogens (tertiary/aromatic N) is 1. The van der Waals surface area contributed by atoms with Gasteiger partial charge in [-0.1, -0.05) is 32.9 Å². The lowest BCUT2D eigenvalue weighted by Gasteiger charge is -2.34. The van der Waals surface area contributed by atoms with E-state index in [2.05, 4.69) is 19.2 Å². The topological polar surface area (TPSA) is 78.9 Å². The van der Waals surface area contributed by atoms with E-state index in [9.17, 15) is 14.7 Å². The number of methoxy groups -OCH3 is 1. The van der Waals surface area contributed by atoms with Crippen molar-refractivity contribution in [3.8, 4) is 5.75 Å². The van der Waals surface area contributed by atoms with Crippen LogP contribution in [0.2, 0.25) is 0 Å². The van der Waals surface area contributed by atoms with Crippen LogP contribution in [0.4, 0.5) is 0 Å². The fourth-order valence-electron chi connectivity index (χ4n) is 3.64. The molecule has 0 spiro atoms. The Kier molecular flexibility index (Phi) is 7.03. The number of rotatable bonds is 7. The van der Waals surface area contributed by atoms with Crippen LogP contribution in [-0.2, 0) is 9.59 Å². The Bertz CT molecular complexity index is 615. The maximum atomic E-state index is 12.6. The van der Waals surface area contributed by atoms with Crippen LogP contribution in [0.25, 0.3) is 0 Å². The lowest BCUT2D eigenvalue weighted by molar-refractivity contribution is -0.145. The number of hydrogen-bond donors (Lipinski definition) is 2. The van der Waals surface area contributed by atoms with E-state index in [1.807, 2.05) is 36.1 Å². The SMILES string of the molecule is COc1ccc(C(NC(=O)CN2CC(C)CC(C(=O)O)C2)C(C)C)cc1. The number of ether oxygens (including phenoxy) is 1. The minimum absolute atomic E-state index is 0.0715. The molecule has 0 saturated carbocycles. The van der Waals surface area contributed by atoms with Crippen LogP contribution in [0.1, 0.15) is 38.8 Å². The zero-order valence-corrected chi connectivity index (χ0v) is 16.1. The third-order valence-electron chi connectivity index (χ3n) is 4.91. The number of carbonyl (C=O) groups is 2. The summed E-state index contributed by atoms with van der Waals surface area (Å²) in [5.41, 5.74) is 1.03. The van der Waals surface area contributed by atoms with Crippen LogP contribution in [0.5, 0.6) is 5.75 Å². The van der Waals surface area contributed by atoms with Crippen molar-refractivity contribution in [1.29, 1.82) is 0 Å². The van der Waals surface area contributed by atoms with Gasteiger partial charge in [-0.25, -0.2) is 0 Å². The highest BCUT2D eigenvalue weighted by Gasteiger charge is 2.30. The van der Waals surface area contributed by atoms with E-state index in [1.165, 1.54) is 0 Å². The first-order valence-electron chi connectivity index (χ1n) is 9.18. The third-order valence-corrected chi connectivity index (χ3v) is 4.91. The van der Waals surface area contributed by atoms with Gasteiger partial charge >= 0.3 is 5.97 Å². The molecule has 144 valence electrons. The first-order chi connectivity index (χ1) is 12.3. The number of nitrogens with one attached hydrogen (secondary N) is 1. The molecule has 1 heterocycles. The number of carbonyl (C=O) groups excluding carboxylic acids is 1. The summed E-state index contributed by atoms with van der Waals surface area (Å²) in [5, 5.41) is 12.4. The van der Waals surface area contributed by atoms with Crippen molar-refractivity contribution in [3.05, 3.63) is 29.8 Å². The van der Waals surface area contributed by atoms with E-state index >= 15 is 0 Å². The average molecular weight is 362 g/mol. The monoisotopic (exact) mass is 362 g/mol. The molecule has 2 N–H and O–H groups in total. The van der Waals surface area contributed by atoms with Gasteiger partial charge in [0.2, 0.25) is 5.91 Å². The minimum Gasteiger partial charge on any atom is -0.497 e. The fourth-order valence-corrected chi connectivity index (χ4v) is 3.64. The van der Waals surface area contributed by atoms with Crippen LogP contribution < -0.4 is 10.1 Å². The summed E-state index contributed by atoms with van der Waals surface area (Å²) < 4.78 is 5.19. The number of benzene rings is 1. The molecule has 2 rings (SSSR count). The molecule has 6 heteroatoms. The summed E-state index contributed by atoms with van der Waals surface area (Å²) in [6.07, 6.45) is 0.675. The Balaban J connectivity index is 1.99. The van der Waals surface area contributed by atoms with Crippen molar-refractivity contribution in [2.75, 3.05) is 26.7 Å².